The molecule has 1 aliphatic heterocycles. The molecule has 1 saturated carbocycles. The molecule has 2 rings (SSSR count). The van der Waals surface area contributed by atoms with Gasteiger partial charge in [0.25, 0.3) is 0 Å². The van der Waals surface area contributed by atoms with E-state index in [-0.39, 0.29) is 17.4 Å². The Bertz CT molecular complexity index is 336. The van der Waals surface area contributed by atoms with Gasteiger partial charge >= 0.3 is 0 Å². The molecule has 2 atom stereocenters. The minimum Gasteiger partial charge on any atom is -0.352 e. The van der Waals surface area contributed by atoms with Crippen molar-refractivity contribution in [3.63, 3.8) is 0 Å². The van der Waals surface area contributed by atoms with E-state index in [4.69, 9.17) is 0 Å². The van der Waals surface area contributed by atoms with Gasteiger partial charge in [0.2, 0.25) is 5.91 Å². The number of amides is 1. The van der Waals surface area contributed by atoms with E-state index >= 15 is 0 Å². The summed E-state index contributed by atoms with van der Waals surface area (Å²) in [5.74, 6) is 0.215. The van der Waals surface area contributed by atoms with Gasteiger partial charge in [-0.05, 0) is 49.5 Å². The van der Waals surface area contributed by atoms with Crippen molar-refractivity contribution in [2.24, 2.45) is 10.8 Å². The fourth-order valence-electron chi connectivity index (χ4n) is 3.76. The first-order valence-corrected chi connectivity index (χ1v) is 7.84. The van der Waals surface area contributed by atoms with Crippen molar-refractivity contribution < 1.29 is 4.79 Å². The summed E-state index contributed by atoms with van der Waals surface area (Å²) in [6, 6.07) is 0.349. The maximum absolute atomic E-state index is 12.5. The van der Waals surface area contributed by atoms with Gasteiger partial charge in [-0.25, -0.2) is 0 Å². The second kappa shape index (κ2) is 5.43. The number of carbonyl (C=O) groups is 1. The topological polar surface area (TPSA) is 41.1 Å². The molecule has 2 unspecified atom stereocenters. The molecule has 0 aromatic rings. The molecule has 0 radical (unpaired) electrons. The quantitative estimate of drug-likeness (QED) is 0.807. The molecule has 1 amide bonds. The number of piperidine rings is 1. The molecule has 110 valence electrons. The average molecular weight is 266 g/mol. The lowest BCUT2D eigenvalue weighted by molar-refractivity contribution is -0.128. The summed E-state index contributed by atoms with van der Waals surface area (Å²) in [4.78, 5) is 12.5. The molecule has 1 heterocycles. The Labute approximate surface area is 117 Å². The largest absolute Gasteiger partial charge is 0.352 e. The predicted octanol–water partition coefficient (Wildman–Crippen LogP) is 2.85. The minimum absolute atomic E-state index is 0.0220. The van der Waals surface area contributed by atoms with Crippen LogP contribution in [-0.2, 0) is 4.79 Å². The van der Waals surface area contributed by atoms with Gasteiger partial charge < -0.3 is 10.6 Å². The van der Waals surface area contributed by atoms with Crippen LogP contribution < -0.4 is 10.6 Å². The van der Waals surface area contributed by atoms with Crippen molar-refractivity contribution in [2.45, 2.75) is 78.3 Å². The van der Waals surface area contributed by atoms with E-state index < -0.39 is 0 Å². The lowest BCUT2D eigenvalue weighted by atomic mass is 9.74. The molecule has 1 saturated heterocycles. The van der Waals surface area contributed by atoms with E-state index in [2.05, 4.69) is 38.3 Å². The summed E-state index contributed by atoms with van der Waals surface area (Å²) >= 11 is 0. The molecule has 3 nitrogen and oxygen atoms in total. The van der Waals surface area contributed by atoms with Gasteiger partial charge in [0.1, 0.15) is 0 Å². The molecule has 3 heteroatoms. The van der Waals surface area contributed by atoms with Crippen molar-refractivity contribution in [3.05, 3.63) is 0 Å². The third-order valence-corrected chi connectivity index (χ3v) is 4.94. The third kappa shape index (κ3) is 3.71. The molecule has 0 spiro atoms. The molecule has 0 aromatic carbocycles. The number of rotatable bonds is 2. The van der Waals surface area contributed by atoms with Gasteiger partial charge in [0.05, 0.1) is 6.04 Å². The second-order valence-corrected chi connectivity index (χ2v) is 7.95. The van der Waals surface area contributed by atoms with Gasteiger partial charge in [-0.2, -0.15) is 0 Å². The van der Waals surface area contributed by atoms with Crippen molar-refractivity contribution in [1.82, 2.24) is 10.6 Å². The van der Waals surface area contributed by atoms with Crippen molar-refractivity contribution in [2.75, 3.05) is 6.54 Å². The Morgan fingerprint density at radius 2 is 1.89 bits per heavy atom. The fourth-order valence-corrected chi connectivity index (χ4v) is 3.76. The molecule has 2 aliphatic rings. The zero-order valence-corrected chi connectivity index (χ0v) is 13.0. The first kappa shape index (κ1) is 14.8. The predicted molar refractivity (Wildman–Crippen MR) is 79.0 cm³/mol. The Kier molecular flexibility index (Phi) is 4.24. The Hall–Kier alpha value is -0.570. The standard InChI is InChI=1S/C16H30N2O/c1-15(2)8-5-7-12(11-15)18-14(19)13-16(3,4)9-6-10-17-13/h12-13,17H,5-11H2,1-4H3,(H,18,19). The number of hydrogen-bond acceptors (Lipinski definition) is 2. The minimum atomic E-state index is -0.0220. The SMILES string of the molecule is CC1(C)CCCC(NC(=O)C2NCCCC2(C)C)C1. The van der Waals surface area contributed by atoms with Gasteiger partial charge in [0, 0.05) is 6.04 Å². The molecular formula is C16H30N2O. The van der Waals surface area contributed by atoms with E-state index in [0.717, 1.165) is 25.8 Å². The molecule has 1 aliphatic carbocycles. The second-order valence-electron chi connectivity index (χ2n) is 7.95. The molecule has 19 heavy (non-hydrogen) atoms. The highest BCUT2D eigenvalue weighted by Gasteiger charge is 2.38. The normalized spacial score (nSPS) is 33.7. The fraction of sp³-hybridized carbons (Fsp3) is 0.938. The summed E-state index contributed by atoms with van der Waals surface area (Å²) in [6.07, 6.45) is 7.08. The monoisotopic (exact) mass is 266 g/mol. The summed E-state index contributed by atoms with van der Waals surface area (Å²) in [5, 5.41) is 6.71. The first-order valence-electron chi connectivity index (χ1n) is 7.84. The Morgan fingerprint density at radius 1 is 1.16 bits per heavy atom. The zero-order valence-electron chi connectivity index (χ0n) is 13.0. The molecule has 2 fully saturated rings. The van der Waals surface area contributed by atoms with Crippen LogP contribution in [-0.4, -0.2) is 24.5 Å². The number of hydrogen-bond donors (Lipinski definition) is 2. The van der Waals surface area contributed by atoms with E-state index in [1.54, 1.807) is 0 Å². The molecule has 0 aromatic heterocycles. The van der Waals surface area contributed by atoms with E-state index in [1.165, 1.54) is 19.3 Å². The van der Waals surface area contributed by atoms with Gasteiger partial charge in [0.15, 0.2) is 0 Å². The van der Waals surface area contributed by atoms with Crippen LogP contribution in [0.15, 0.2) is 0 Å². The van der Waals surface area contributed by atoms with Crippen LogP contribution in [0.1, 0.15) is 66.2 Å². The van der Waals surface area contributed by atoms with Crippen LogP contribution in [0.3, 0.4) is 0 Å². The van der Waals surface area contributed by atoms with E-state index in [9.17, 15) is 4.79 Å². The van der Waals surface area contributed by atoms with Crippen LogP contribution in [0, 0.1) is 10.8 Å². The Morgan fingerprint density at radius 3 is 2.53 bits per heavy atom. The van der Waals surface area contributed by atoms with Crippen LogP contribution in [0.4, 0.5) is 0 Å². The van der Waals surface area contributed by atoms with Crippen LogP contribution in [0.25, 0.3) is 0 Å². The zero-order chi connectivity index (χ0) is 14.1. The highest BCUT2D eigenvalue weighted by atomic mass is 16.2. The van der Waals surface area contributed by atoms with Crippen LogP contribution >= 0.6 is 0 Å². The molecule has 2 N–H and O–H groups in total. The summed E-state index contributed by atoms with van der Waals surface area (Å²) in [5.41, 5.74) is 0.457. The number of nitrogens with one attached hydrogen (secondary N) is 2. The number of carbonyl (C=O) groups excluding carboxylic acids is 1. The van der Waals surface area contributed by atoms with Crippen LogP contribution in [0.2, 0.25) is 0 Å². The van der Waals surface area contributed by atoms with Crippen molar-refractivity contribution >= 4 is 5.91 Å². The van der Waals surface area contributed by atoms with E-state index in [1.807, 2.05) is 0 Å². The third-order valence-electron chi connectivity index (χ3n) is 4.94. The lowest BCUT2D eigenvalue weighted by Gasteiger charge is -2.41. The summed E-state index contributed by atoms with van der Waals surface area (Å²) < 4.78 is 0. The maximum atomic E-state index is 12.5. The highest BCUT2D eigenvalue weighted by Crippen LogP contribution is 2.36. The molecular weight excluding hydrogens is 236 g/mol. The molecule has 0 bridgehead atoms. The van der Waals surface area contributed by atoms with Gasteiger partial charge in [-0.1, -0.05) is 34.1 Å². The van der Waals surface area contributed by atoms with Crippen molar-refractivity contribution in [1.29, 1.82) is 0 Å². The van der Waals surface area contributed by atoms with Gasteiger partial charge in [-0.3, -0.25) is 4.79 Å². The maximum Gasteiger partial charge on any atom is 0.237 e. The van der Waals surface area contributed by atoms with Crippen LogP contribution in [0.5, 0.6) is 0 Å². The smallest absolute Gasteiger partial charge is 0.237 e. The average Bonchev–Trinajstić information content (AvgIpc) is 2.26. The van der Waals surface area contributed by atoms with E-state index in [0.29, 0.717) is 11.5 Å². The lowest BCUT2D eigenvalue weighted by Crippen LogP contribution is -2.57. The van der Waals surface area contributed by atoms with Crippen molar-refractivity contribution in [3.8, 4) is 0 Å². The first-order chi connectivity index (χ1) is 8.80. The highest BCUT2D eigenvalue weighted by molar-refractivity contribution is 5.83. The Balaban J connectivity index is 1.93. The summed E-state index contributed by atoms with van der Waals surface area (Å²) in [6.45, 7) is 10.0. The van der Waals surface area contributed by atoms with Gasteiger partial charge in [-0.15, -0.1) is 0 Å². The summed E-state index contributed by atoms with van der Waals surface area (Å²) in [7, 11) is 0.